The van der Waals surface area contributed by atoms with Crippen molar-refractivity contribution >= 4 is 6.08 Å². The molecule has 0 amide bonds. The van der Waals surface area contributed by atoms with Crippen molar-refractivity contribution in [2.75, 3.05) is 0 Å². The Balaban J connectivity index is 1.64. The van der Waals surface area contributed by atoms with Gasteiger partial charge in [-0.3, -0.25) is 0 Å². The molecule has 0 saturated heterocycles. The first-order chi connectivity index (χ1) is 11.9. The van der Waals surface area contributed by atoms with E-state index >= 15 is 0 Å². The summed E-state index contributed by atoms with van der Waals surface area (Å²) in [7, 11) is 0. The van der Waals surface area contributed by atoms with E-state index in [1.54, 1.807) is 5.56 Å². The van der Waals surface area contributed by atoms with Crippen molar-refractivity contribution in [1.29, 1.82) is 0 Å². The van der Waals surface area contributed by atoms with Gasteiger partial charge in [-0.1, -0.05) is 0 Å². The van der Waals surface area contributed by atoms with Crippen molar-refractivity contribution in [3.8, 4) is 0 Å². The number of hydrogen-bond donors (Lipinski definition) is 0. The van der Waals surface area contributed by atoms with E-state index < -0.39 is 21.8 Å². The van der Waals surface area contributed by atoms with Crippen molar-refractivity contribution in [1.82, 2.24) is 0 Å². The Morgan fingerprint density at radius 1 is 0.625 bits per heavy atom. The predicted molar refractivity (Wildman–Crippen MR) is 98.5 cm³/mol. The molecule has 1 atom stereocenters. The number of allylic oxidation sites excluding steroid dienone is 1. The van der Waals surface area contributed by atoms with Gasteiger partial charge >= 0.3 is 153 Å². The van der Waals surface area contributed by atoms with E-state index in [9.17, 15) is 0 Å². The summed E-state index contributed by atoms with van der Waals surface area (Å²) in [5.74, 6) is 0. The van der Waals surface area contributed by atoms with Crippen LogP contribution in [0.2, 0.25) is 0 Å². The van der Waals surface area contributed by atoms with Gasteiger partial charge in [0.25, 0.3) is 0 Å². The molecule has 0 bridgehead atoms. The van der Waals surface area contributed by atoms with Crippen LogP contribution in [0.3, 0.4) is 0 Å². The van der Waals surface area contributed by atoms with E-state index in [1.807, 2.05) is 0 Å². The molecule has 1 heteroatoms. The van der Waals surface area contributed by atoms with Crippen molar-refractivity contribution in [3.63, 3.8) is 0 Å². The zero-order valence-electron chi connectivity index (χ0n) is 13.7. The van der Waals surface area contributed by atoms with Gasteiger partial charge in [0.1, 0.15) is 0 Å². The van der Waals surface area contributed by atoms with Crippen LogP contribution in [0.25, 0.3) is 6.08 Å². The molecule has 0 spiro atoms. The van der Waals surface area contributed by atoms with Gasteiger partial charge in [0.15, 0.2) is 0 Å². The second-order valence-electron chi connectivity index (χ2n) is 6.45. The summed E-state index contributed by atoms with van der Waals surface area (Å²) in [6.45, 7) is 0. The summed E-state index contributed by atoms with van der Waals surface area (Å²) in [5, 5.41) is 0. The Hall–Kier alpha value is -1.72. The molecule has 3 aromatic rings. The Morgan fingerprint density at radius 3 is 1.79 bits per heavy atom. The van der Waals surface area contributed by atoms with E-state index in [0.29, 0.717) is 3.63 Å². The van der Waals surface area contributed by atoms with Crippen LogP contribution in [0.15, 0.2) is 91.0 Å². The van der Waals surface area contributed by atoms with Crippen molar-refractivity contribution < 1.29 is 21.8 Å². The second-order valence-corrected chi connectivity index (χ2v) is 13.0. The zero-order valence-corrected chi connectivity index (χ0v) is 16.2. The van der Waals surface area contributed by atoms with Crippen molar-refractivity contribution in [2.24, 2.45) is 0 Å². The van der Waals surface area contributed by atoms with E-state index in [1.165, 1.54) is 24.9 Å². The van der Waals surface area contributed by atoms with E-state index in [2.05, 4.69) is 97.1 Å². The molecule has 0 nitrogen and oxygen atoms in total. The molecule has 0 aromatic heterocycles. The average molecular weight is 389 g/mol. The van der Waals surface area contributed by atoms with Crippen LogP contribution in [0.4, 0.5) is 0 Å². The average Bonchev–Trinajstić information content (AvgIpc) is 3.07. The zero-order chi connectivity index (χ0) is 16.2. The molecule has 3 aromatic carbocycles. The maximum absolute atomic E-state index is 2.49. The fourth-order valence-corrected chi connectivity index (χ4v) is 11.4. The molecule has 0 saturated carbocycles. The molecular formula is C23H21Zr. The minimum atomic E-state index is -1.75. The van der Waals surface area contributed by atoms with Crippen LogP contribution in [0.5, 0.6) is 0 Å². The summed E-state index contributed by atoms with van der Waals surface area (Å²) in [6, 6.07) is 31.1. The van der Waals surface area contributed by atoms with Gasteiger partial charge in [-0.15, -0.1) is 0 Å². The number of benzene rings is 3. The fraction of sp³-hybridized carbons (Fsp3) is 0.130. The topological polar surface area (TPSA) is 0 Å². The summed E-state index contributed by atoms with van der Waals surface area (Å²) in [5.41, 5.74) is 6.03. The monoisotopic (exact) mass is 387 g/mol. The number of rotatable bonds is 5. The summed E-state index contributed by atoms with van der Waals surface area (Å²) < 4.78 is 3.31. The van der Waals surface area contributed by atoms with E-state index in [-0.39, 0.29) is 0 Å². The Bertz CT molecular complexity index is 779. The first-order valence-electron chi connectivity index (χ1n) is 8.60. The molecule has 0 heterocycles. The van der Waals surface area contributed by atoms with Gasteiger partial charge in [0.2, 0.25) is 0 Å². The Kier molecular flexibility index (Phi) is 4.90. The van der Waals surface area contributed by atoms with Gasteiger partial charge in [0.05, 0.1) is 0 Å². The minimum absolute atomic E-state index is 0.698. The van der Waals surface area contributed by atoms with Gasteiger partial charge in [-0.05, 0) is 0 Å². The predicted octanol–water partition coefficient (Wildman–Crippen LogP) is 5.77. The number of hydrogen-bond acceptors (Lipinski definition) is 0. The van der Waals surface area contributed by atoms with Gasteiger partial charge in [0, 0.05) is 0 Å². The van der Waals surface area contributed by atoms with E-state index in [4.69, 9.17) is 0 Å². The molecule has 0 radical (unpaired) electrons. The summed E-state index contributed by atoms with van der Waals surface area (Å²) in [6.07, 6.45) is 4.84. The Morgan fingerprint density at radius 2 is 1.17 bits per heavy atom. The third-order valence-corrected chi connectivity index (χ3v) is 12.4. The molecule has 117 valence electrons. The van der Waals surface area contributed by atoms with Crippen LogP contribution in [-0.2, 0) is 30.0 Å². The first-order valence-corrected chi connectivity index (χ1v) is 13.5. The molecule has 0 fully saturated rings. The van der Waals surface area contributed by atoms with E-state index in [0.717, 1.165) is 0 Å². The van der Waals surface area contributed by atoms with Crippen LogP contribution in [0.1, 0.15) is 25.9 Å². The third kappa shape index (κ3) is 3.52. The first kappa shape index (κ1) is 15.8. The quantitative estimate of drug-likeness (QED) is 0.520. The summed E-state index contributed by atoms with van der Waals surface area (Å²) in [4.78, 5) is 0. The maximum atomic E-state index is 2.49. The molecule has 24 heavy (non-hydrogen) atoms. The molecular weight excluding hydrogens is 367 g/mol. The van der Waals surface area contributed by atoms with Crippen LogP contribution in [-0.4, -0.2) is 0 Å². The molecule has 4 rings (SSSR count). The normalized spacial score (nSPS) is 15.2. The summed E-state index contributed by atoms with van der Waals surface area (Å²) >= 11 is -1.75. The standard InChI is InChI=1S/C9H7.2C7H7.Zr/c1-2-5-9-7-3-6-8(9)4-1;2*1-7-5-3-2-4-6-7;/h1-7H;2*2-6H,1H2;. The van der Waals surface area contributed by atoms with Crippen LogP contribution in [0, 0.1) is 0 Å². The molecule has 0 aliphatic heterocycles. The third-order valence-electron chi connectivity index (χ3n) is 4.79. The van der Waals surface area contributed by atoms with Crippen LogP contribution >= 0.6 is 0 Å². The van der Waals surface area contributed by atoms with Gasteiger partial charge in [-0.25, -0.2) is 0 Å². The van der Waals surface area contributed by atoms with Crippen molar-refractivity contribution in [2.45, 2.75) is 11.9 Å². The Labute approximate surface area is 152 Å². The second kappa shape index (κ2) is 7.45. The fourth-order valence-electron chi connectivity index (χ4n) is 3.60. The van der Waals surface area contributed by atoms with Gasteiger partial charge < -0.3 is 0 Å². The molecule has 1 unspecified atom stereocenters. The van der Waals surface area contributed by atoms with Crippen molar-refractivity contribution in [3.05, 3.63) is 113 Å². The van der Waals surface area contributed by atoms with Gasteiger partial charge in [-0.2, -0.15) is 0 Å². The molecule has 0 N–H and O–H groups in total. The number of fused-ring (bicyclic) bond motifs is 1. The SMILES string of the molecule is C1=C[CH]([Zr]([CH2]c2ccccc2)[CH2]c2ccccc2)c2ccccc21. The molecule has 1 aliphatic carbocycles. The molecule has 1 aliphatic rings. The van der Waals surface area contributed by atoms with Crippen LogP contribution < -0.4 is 0 Å².